The minimum atomic E-state index is -4.46. The summed E-state index contributed by atoms with van der Waals surface area (Å²) in [7, 11) is 0. The Balaban J connectivity index is 1.53. The first-order chi connectivity index (χ1) is 18.7. The average Bonchev–Trinajstić information content (AvgIpc) is 3.17. The van der Waals surface area contributed by atoms with Crippen LogP contribution in [0, 0.1) is 0 Å². The summed E-state index contributed by atoms with van der Waals surface area (Å²) in [5.74, 6) is 0. The first kappa shape index (κ1) is 25.3. The van der Waals surface area contributed by atoms with Crippen molar-refractivity contribution in [2.24, 2.45) is 0 Å². The van der Waals surface area contributed by atoms with Gasteiger partial charge in [-0.25, -0.2) is 4.57 Å². The number of unbranched alkanes of at least 4 members (excludes halogenated alkanes) is 1. The van der Waals surface area contributed by atoms with E-state index in [0.29, 0.717) is 0 Å². The Bertz CT molecular complexity index is 1700. The summed E-state index contributed by atoms with van der Waals surface area (Å²) in [6, 6.07) is 24.5. The van der Waals surface area contributed by atoms with Gasteiger partial charge < -0.3 is 0 Å². The largest absolute Gasteiger partial charge is 0.422 e. The maximum atomic E-state index is 14.1. The zero-order valence-electron chi connectivity index (χ0n) is 22.4. The lowest BCUT2D eigenvalue weighted by Crippen LogP contribution is -2.36. The molecular weight excluding hydrogens is 493 g/mol. The fourth-order valence-corrected chi connectivity index (χ4v) is 5.93. The number of aryl methyl sites for hydroxylation is 1. The molecule has 39 heavy (non-hydrogen) atoms. The van der Waals surface area contributed by atoms with Crippen LogP contribution in [0.4, 0.5) is 13.2 Å². The van der Waals surface area contributed by atoms with Gasteiger partial charge in [-0.1, -0.05) is 63.6 Å². The average molecular weight is 525 g/mol. The highest BCUT2D eigenvalue weighted by Crippen LogP contribution is 2.51. The van der Waals surface area contributed by atoms with Gasteiger partial charge in [0.15, 0.2) is 18.6 Å². The zero-order chi connectivity index (χ0) is 27.4. The Morgan fingerprint density at radius 1 is 0.795 bits per heavy atom. The van der Waals surface area contributed by atoms with Crippen LogP contribution in [0.3, 0.4) is 0 Å². The van der Waals surface area contributed by atoms with E-state index >= 15 is 0 Å². The Morgan fingerprint density at radius 3 is 2.26 bits per heavy atom. The summed E-state index contributed by atoms with van der Waals surface area (Å²) in [6.07, 6.45) is 4.03. The topological polar surface area (TPSA) is 7.76 Å². The second-order valence-electron chi connectivity index (χ2n) is 10.9. The summed E-state index contributed by atoms with van der Waals surface area (Å²) >= 11 is 0. The molecule has 5 heteroatoms. The van der Waals surface area contributed by atoms with E-state index in [1.54, 1.807) is 16.7 Å². The first-order valence-electron chi connectivity index (χ1n) is 13.5. The number of pyridine rings is 2. The number of halogens is 3. The molecule has 0 spiro atoms. The maximum Gasteiger partial charge on any atom is 0.422 e. The van der Waals surface area contributed by atoms with E-state index in [9.17, 15) is 13.2 Å². The number of alkyl halides is 3. The summed E-state index contributed by atoms with van der Waals surface area (Å²) in [5, 5.41) is 0.947. The van der Waals surface area contributed by atoms with Crippen LogP contribution in [-0.2, 0) is 18.1 Å². The molecule has 1 aliphatic rings. The van der Waals surface area contributed by atoms with Crippen molar-refractivity contribution in [2.75, 3.05) is 0 Å². The summed E-state index contributed by atoms with van der Waals surface area (Å²) in [5.41, 5.74) is 6.58. The lowest BCUT2D eigenvalue weighted by molar-refractivity contribution is -0.697. The molecule has 1 aliphatic carbocycles. The second kappa shape index (κ2) is 9.33. The van der Waals surface area contributed by atoms with Crippen molar-refractivity contribution in [3.05, 3.63) is 114 Å². The second-order valence-corrected chi connectivity index (χ2v) is 10.9. The van der Waals surface area contributed by atoms with E-state index < -0.39 is 17.2 Å². The van der Waals surface area contributed by atoms with Gasteiger partial charge in [-0.2, -0.15) is 17.7 Å². The van der Waals surface area contributed by atoms with Crippen LogP contribution in [0.2, 0.25) is 0 Å². The van der Waals surface area contributed by atoms with Crippen molar-refractivity contribution < 1.29 is 22.3 Å². The van der Waals surface area contributed by atoms with Gasteiger partial charge >= 0.3 is 6.18 Å². The number of nitrogens with zero attached hydrogens (tertiary/aromatic N) is 2. The fourth-order valence-electron chi connectivity index (χ4n) is 5.93. The van der Waals surface area contributed by atoms with Crippen LogP contribution in [0.1, 0.15) is 50.3 Å². The van der Waals surface area contributed by atoms with E-state index in [0.717, 1.165) is 64.2 Å². The Kier molecular flexibility index (Phi) is 6.05. The molecular formula is C34H31F3N2+2. The Hall–Kier alpha value is -3.99. The van der Waals surface area contributed by atoms with E-state index in [4.69, 9.17) is 0 Å². The number of para-hydroxylation sites is 2. The molecule has 0 fully saturated rings. The number of aromatic nitrogens is 2. The third kappa shape index (κ3) is 4.21. The summed E-state index contributed by atoms with van der Waals surface area (Å²) in [6.45, 7) is 7.53. The summed E-state index contributed by atoms with van der Waals surface area (Å²) < 4.78 is 46.1. The predicted molar refractivity (Wildman–Crippen MR) is 149 cm³/mol. The molecule has 0 radical (unpaired) electrons. The number of rotatable bonds is 5. The molecule has 2 heterocycles. The highest BCUT2D eigenvalue weighted by molar-refractivity contribution is 5.99. The molecule has 196 valence electrons. The van der Waals surface area contributed by atoms with Crippen molar-refractivity contribution in [1.82, 2.24) is 0 Å². The number of hydrogen-bond acceptors (Lipinski definition) is 0. The molecule has 2 nitrogen and oxygen atoms in total. The molecule has 3 aromatic carbocycles. The molecule has 0 saturated heterocycles. The van der Waals surface area contributed by atoms with E-state index in [2.05, 4.69) is 68.1 Å². The zero-order valence-corrected chi connectivity index (χ0v) is 22.4. The number of hydrogen-bond donors (Lipinski definition) is 0. The van der Waals surface area contributed by atoms with Crippen LogP contribution in [0.5, 0.6) is 0 Å². The normalized spacial score (nSPS) is 13.9. The molecule has 0 aliphatic heterocycles. The van der Waals surface area contributed by atoms with Gasteiger partial charge in [-0.3, -0.25) is 0 Å². The maximum absolute atomic E-state index is 14.1. The van der Waals surface area contributed by atoms with Crippen LogP contribution in [0.25, 0.3) is 38.8 Å². The molecule has 0 amide bonds. The van der Waals surface area contributed by atoms with Crippen molar-refractivity contribution in [3.8, 4) is 27.9 Å². The van der Waals surface area contributed by atoms with E-state index in [-0.39, 0.29) is 5.69 Å². The van der Waals surface area contributed by atoms with Crippen LogP contribution in [0.15, 0.2) is 97.5 Å². The minimum Gasteiger partial charge on any atom is -0.205 e. The molecule has 0 N–H and O–H groups in total. The van der Waals surface area contributed by atoms with Crippen molar-refractivity contribution in [2.45, 2.75) is 51.7 Å². The monoisotopic (exact) mass is 524 g/mol. The number of fused-ring (bicyclic) bond motifs is 5. The molecule has 0 saturated carbocycles. The Labute approximate surface area is 227 Å². The van der Waals surface area contributed by atoms with Gasteiger partial charge in [-0.15, -0.1) is 0 Å². The van der Waals surface area contributed by atoms with Crippen molar-refractivity contribution in [3.63, 3.8) is 0 Å². The lowest BCUT2D eigenvalue weighted by atomic mass is 9.82. The lowest BCUT2D eigenvalue weighted by Gasteiger charge is -2.21. The third-order valence-electron chi connectivity index (χ3n) is 8.06. The highest BCUT2D eigenvalue weighted by atomic mass is 19.4. The first-order valence-corrected chi connectivity index (χ1v) is 13.5. The highest BCUT2D eigenvalue weighted by Gasteiger charge is 2.42. The van der Waals surface area contributed by atoms with Gasteiger partial charge in [0.05, 0.1) is 5.39 Å². The van der Waals surface area contributed by atoms with Gasteiger partial charge in [0.1, 0.15) is 12.1 Å². The molecule has 0 unspecified atom stereocenters. The van der Waals surface area contributed by atoms with Crippen LogP contribution >= 0.6 is 0 Å². The molecule has 5 aromatic rings. The van der Waals surface area contributed by atoms with Crippen LogP contribution < -0.4 is 9.13 Å². The number of benzene rings is 3. The molecule has 2 aromatic heterocycles. The van der Waals surface area contributed by atoms with Gasteiger partial charge in [-0.05, 0) is 40.5 Å². The predicted octanol–water partition coefficient (Wildman–Crippen LogP) is 8.20. The Morgan fingerprint density at radius 2 is 1.51 bits per heavy atom. The SMILES string of the molecule is CCCC[n+]1ccc(-c2ccc3c(c2)C(C)(C)c2c[n+](-c4ccccc4C(F)(F)F)c4ccccc4c2-3)cc1. The van der Waals surface area contributed by atoms with E-state index in [1.807, 2.05) is 30.5 Å². The van der Waals surface area contributed by atoms with Crippen LogP contribution in [-0.4, -0.2) is 0 Å². The van der Waals surface area contributed by atoms with Crippen molar-refractivity contribution >= 4 is 10.9 Å². The smallest absolute Gasteiger partial charge is 0.205 e. The quantitative estimate of drug-likeness (QED) is 0.205. The molecule has 0 atom stereocenters. The third-order valence-corrected chi connectivity index (χ3v) is 8.06. The fraction of sp³-hybridized carbons (Fsp3) is 0.235. The standard InChI is InChI=1S/C34H31F3N2/c1-4-5-18-38-19-16-23(17-20-38)24-14-15-25-28(21-24)33(2,3)29-22-39(30-12-8-6-10-26(30)32(25)29)31-13-9-7-11-27(31)34(35,36)37/h6-17,19-22H,4-5,18H2,1-3H3/q+2. The van der Waals surface area contributed by atoms with E-state index in [1.165, 1.54) is 11.6 Å². The van der Waals surface area contributed by atoms with Gasteiger partial charge in [0.25, 0.3) is 0 Å². The molecule has 6 rings (SSSR count). The van der Waals surface area contributed by atoms with Crippen molar-refractivity contribution in [1.29, 1.82) is 0 Å². The van der Waals surface area contributed by atoms with Gasteiger partial charge in [0.2, 0.25) is 11.2 Å². The summed E-state index contributed by atoms with van der Waals surface area (Å²) in [4.78, 5) is 0. The molecule has 0 bridgehead atoms. The van der Waals surface area contributed by atoms with Gasteiger partial charge in [0, 0.05) is 47.2 Å². The minimum absolute atomic E-state index is 0.136.